The minimum Gasteiger partial charge on any atom is -0.480 e. The first kappa shape index (κ1) is 22.4. The monoisotopic (exact) mass is 457 g/mol. The molecule has 0 saturated heterocycles. The maximum atomic E-state index is 13.4. The molecule has 10 heteroatoms. The zero-order valence-corrected chi connectivity index (χ0v) is 16.6. The van der Waals surface area contributed by atoms with E-state index in [0.717, 1.165) is 0 Å². The summed E-state index contributed by atoms with van der Waals surface area (Å²) >= 11 is 7.81. The normalized spacial score (nSPS) is 14.3. The third kappa shape index (κ3) is 7.74. The van der Waals surface area contributed by atoms with Crippen LogP contribution in [0.5, 0.6) is 5.75 Å². The van der Waals surface area contributed by atoms with Crippen LogP contribution in [0, 0.1) is 0 Å². The van der Waals surface area contributed by atoms with Crippen LogP contribution in [0.1, 0.15) is 26.3 Å². The maximum absolute atomic E-state index is 13.4. The molecule has 1 aromatic rings. The van der Waals surface area contributed by atoms with Crippen LogP contribution < -0.4 is 10.1 Å². The number of carbonyl (C=O) groups excluding carboxylic acids is 1. The molecule has 26 heavy (non-hydrogen) atoms. The first-order chi connectivity index (χ1) is 11.8. The number of halogens is 4. The van der Waals surface area contributed by atoms with Crippen molar-refractivity contribution in [2.24, 2.45) is 0 Å². The first-order valence-electron chi connectivity index (χ1n) is 7.46. The smallest absolute Gasteiger partial charge is 0.424 e. The van der Waals surface area contributed by atoms with Gasteiger partial charge in [-0.25, -0.2) is 9.59 Å². The SMILES string of the molecule is CC(C)(C)OC(=O)N[C@@H](Cc1ccc(OC(F)(F)[C@@H](Cl)Br)cc1)C(=O)O. The summed E-state index contributed by atoms with van der Waals surface area (Å²) in [6, 6.07) is 4.09. The van der Waals surface area contributed by atoms with E-state index < -0.39 is 34.1 Å². The number of aliphatic carboxylic acids is 1. The lowest BCUT2D eigenvalue weighted by Crippen LogP contribution is -2.44. The lowest BCUT2D eigenvalue weighted by atomic mass is 10.1. The summed E-state index contributed by atoms with van der Waals surface area (Å²) in [5, 5.41) is 11.5. The number of carbonyl (C=O) groups is 2. The Bertz CT molecular complexity index is 635. The number of alkyl halides is 4. The van der Waals surface area contributed by atoms with Crippen LogP contribution in [0.2, 0.25) is 0 Å². The van der Waals surface area contributed by atoms with E-state index >= 15 is 0 Å². The Balaban J connectivity index is 2.75. The molecule has 0 radical (unpaired) electrons. The number of alkyl carbamates (subject to hydrolysis) is 1. The molecule has 0 bridgehead atoms. The average Bonchev–Trinajstić information content (AvgIpc) is 2.46. The summed E-state index contributed by atoms with van der Waals surface area (Å²) in [6.07, 6.45) is -4.55. The molecule has 0 aliphatic carbocycles. The molecule has 6 nitrogen and oxygen atoms in total. The molecule has 0 aliphatic heterocycles. The van der Waals surface area contributed by atoms with Gasteiger partial charge >= 0.3 is 18.2 Å². The van der Waals surface area contributed by atoms with Gasteiger partial charge < -0.3 is 19.9 Å². The second-order valence-corrected chi connectivity index (χ2v) is 8.23. The van der Waals surface area contributed by atoms with Gasteiger partial charge in [0.25, 0.3) is 0 Å². The first-order valence-corrected chi connectivity index (χ1v) is 8.81. The Hall–Kier alpha value is -1.61. The molecule has 0 aliphatic rings. The van der Waals surface area contributed by atoms with E-state index in [1.165, 1.54) is 24.3 Å². The Morgan fingerprint density at radius 3 is 2.23 bits per heavy atom. The molecule has 1 aromatic carbocycles. The Labute approximate surface area is 162 Å². The van der Waals surface area contributed by atoms with E-state index in [2.05, 4.69) is 26.0 Å². The summed E-state index contributed by atoms with van der Waals surface area (Å²) in [5.41, 5.74) is -0.280. The minimum absolute atomic E-state index is 0.0676. The molecule has 0 fully saturated rings. The third-order valence-electron chi connectivity index (χ3n) is 2.86. The van der Waals surface area contributed by atoms with E-state index in [4.69, 9.17) is 16.3 Å². The van der Waals surface area contributed by atoms with E-state index in [1.54, 1.807) is 20.8 Å². The van der Waals surface area contributed by atoms with Crippen molar-refractivity contribution in [1.82, 2.24) is 5.32 Å². The Morgan fingerprint density at radius 1 is 1.27 bits per heavy atom. The van der Waals surface area contributed by atoms with Crippen molar-refractivity contribution < 1.29 is 33.0 Å². The predicted molar refractivity (Wildman–Crippen MR) is 95.1 cm³/mol. The number of carboxylic acids is 1. The van der Waals surface area contributed by atoms with Gasteiger partial charge in [-0.2, -0.15) is 8.78 Å². The topological polar surface area (TPSA) is 84.9 Å². The number of nitrogens with one attached hydrogen (secondary N) is 1. The van der Waals surface area contributed by atoms with Gasteiger partial charge in [0.05, 0.1) is 0 Å². The maximum Gasteiger partial charge on any atom is 0.424 e. The highest BCUT2D eigenvalue weighted by Crippen LogP contribution is 2.31. The lowest BCUT2D eigenvalue weighted by Gasteiger charge is -2.22. The van der Waals surface area contributed by atoms with Gasteiger partial charge in [0.15, 0.2) is 4.29 Å². The highest BCUT2D eigenvalue weighted by molar-refractivity contribution is 9.10. The van der Waals surface area contributed by atoms with Gasteiger partial charge in [0.1, 0.15) is 17.4 Å². The number of hydrogen-bond acceptors (Lipinski definition) is 4. The lowest BCUT2D eigenvalue weighted by molar-refractivity contribution is -0.161. The summed E-state index contributed by atoms with van der Waals surface area (Å²) in [5.74, 6) is -1.40. The quantitative estimate of drug-likeness (QED) is 0.600. The number of amides is 1. The van der Waals surface area contributed by atoms with Crippen molar-refractivity contribution in [2.75, 3.05) is 0 Å². The summed E-state index contributed by atoms with van der Waals surface area (Å²) in [7, 11) is 0. The van der Waals surface area contributed by atoms with Crippen molar-refractivity contribution in [3.8, 4) is 5.75 Å². The molecule has 1 amide bonds. The molecule has 1 rings (SSSR count). The molecular weight excluding hydrogens is 440 g/mol. The van der Waals surface area contributed by atoms with E-state index in [-0.39, 0.29) is 12.2 Å². The van der Waals surface area contributed by atoms with Crippen LogP contribution in [0.4, 0.5) is 13.6 Å². The van der Waals surface area contributed by atoms with E-state index in [1.807, 2.05) is 0 Å². The second kappa shape index (κ2) is 8.85. The second-order valence-electron chi connectivity index (χ2n) is 6.35. The summed E-state index contributed by atoms with van der Waals surface area (Å²) in [6.45, 7) is 4.94. The zero-order valence-electron chi connectivity index (χ0n) is 14.3. The van der Waals surface area contributed by atoms with Crippen LogP contribution in [-0.2, 0) is 16.0 Å². The van der Waals surface area contributed by atoms with Gasteiger partial charge in [-0.3, -0.25) is 0 Å². The number of ether oxygens (including phenoxy) is 2. The van der Waals surface area contributed by atoms with Crippen LogP contribution in [0.3, 0.4) is 0 Å². The largest absolute Gasteiger partial charge is 0.480 e. The van der Waals surface area contributed by atoms with Gasteiger partial charge in [-0.15, -0.1) is 0 Å². The van der Waals surface area contributed by atoms with Crippen molar-refractivity contribution in [3.05, 3.63) is 29.8 Å². The summed E-state index contributed by atoms with van der Waals surface area (Å²) < 4.78 is 34.6. The predicted octanol–water partition coefficient (Wildman–Crippen LogP) is 4.14. The standard InChI is InChI=1S/C16H19BrClF2NO5/c1-15(2,3)26-14(24)21-11(12(22)23)8-9-4-6-10(7-5-9)25-16(19,20)13(17)18/h4-7,11,13H,8H2,1-3H3,(H,21,24)(H,22,23)/t11-,13+/m0/s1. The molecule has 2 atom stereocenters. The fourth-order valence-electron chi connectivity index (χ4n) is 1.78. The number of benzene rings is 1. The molecule has 0 heterocycles. The van der Waals surface area contributed by atoms with Crippen molar-refractivity contribution in [3.63, 3.8) is 0 Å². The third-order valence-corrected chi connectivity index (χ3v) is 3.65. The molecular formula is C16H19BrClF2NO5. The van der Waals surface area contributed by atoms with Gasteiger partial charge in [0.2, 0.25) is 0 Å². The zero-order chi connectivity index (χ0) is 20.1. The molecule has 0 aromatic heterocycles. The number of carboxylic acid groups (broad SMARTS) is 1. The van der Waals surface area contributed by atoms with Crippen molar-refractivity contribution in [2.45, 2.75) is 49.2 Å². The van der Waals surface area contributed by atoms with Crippen LogP contribution in [0.15, 0.2) is 24.3 Å². The van der Waals surface area contributed by atoms with Crippen molar-refractivity contribution >= 4 is 39.6 Å². The highest BCUT2D eigenvalue weighted by Gasteiger charge is 2.39. The molecule has 146 valence electrons. The Kier molecular flexibility index (Phi) is 7.64. The van der Waals surface area contributed by atoms with Gasteiger partial charge in [-0.1, -0.05) is 39.7 Å². The number of rotatable bonds is 7. The molecule has 0 saturated carbocycles. The van der Waals surface area contributed by atoms with E-state index in [9.17, 15) is 23.5 Å². The molecule has 0 unspecified atom stereocenters. The fourth-order valence-corrected chi connectivity index (χ4v) is 1.92. The summed E-state index contributed by atoms with van der Waals surface area (Å²) in [4.78, 5) is 23.0. The average molecular weight is 459 g/mol. The fraction of sp³-hybridized carbons (Fsp3) is 0.500. The van der Waals surface area contributed by atoms with Gasteiger partial charge in [0, 0.05) is 6.42 Å². The van der Waals surface area contributed by atoms with E-state index in [0.29, 0.717) is 5.56 Å². The van der Waals surface area contributed by atoms with Crippen LogP contribution in [-0.4, -0.2) is 39.2 Å². The molecule has 2 N–H and O–H groups in total. The number of hydrogen-bond donors (Lipinski definition) is 2. The molecule has 0 spiro atoms. The highest BCUT2D eigenvalue weighted by atomic mass is 79.9. The minimum atomic E-state index is -3.62. The Morgan fingerprint density at radius 2 is 1.81 bits per heavy atom. The van der Waals surface area contributed by atoms with Crippen LogP contribution in [0.25, 0.3) is 0 Å². The van der Waals surface area contributed by atoms with Crippen LogP contribution >= 0.6 is 27.5 Å². The van der Waals surface area contributed by atoms with Gasteiger partial charge in [-0.05, 0) is 38.5 Å². The van der Waals surface area contributed by atoms with Crippen molar-refractivity contribution in [1.29, 1.82) is 0 Å².